The molecule has 1 saturated carbocycles. The van der Waals surface area contributed by atoms with Gasteiger partial charge in [0, 0.05) is 5.56 Å². The molecule has 0 bridgehead atoms. The Morgan fingerprint density at radius 2 is 1.78 bits per heavy atom. The number of carbonyl (C=O) groups is 1. The lowest BCUT2D eigenvalue weighted by molar-refractivity contribution is 0.0848. The molecule has 0 unspecified atom stereocenters. The van der Waals surface area contributed by atoms with Crippen LogP contribution >= 0.6 is 0 Å². The molecule has 0 amide bonds. The summed E-state index contributed by atoms with van der Waals surface area (Å²) in [7, 11) is 0. The highest BCUT2D eigenvalue weighted by molar-refractivity contribution is 6.03. The number of Topliss-reactive ketones (excluding diaryl/α,β-unsaturated/α-hetero) is 1. The largest absolute Gasteiger partial charge is 0.319 e. The minimum absolute atomic E-state index is 0.130. The fraction of sp³-hybridized carbons (Fsp3) is 0.562. The van der Waals surface area contributed by atoms with E-state index in [4.69, 9.17) is 5.73 Å². The number of hydrogen-bond donors (Lipinski definition) is 1. The minimum Gasteiger partial charge on any atom is -0.319 e. The molecule has 98 valence electrons. The van der Waals surface area contributed by atoms with Crippen LogP contribution in [-0.2, 0) is 6.42 Å². The van der Waals surface area contributed by atoms with Crippen LogP contribution in [0.4, 0.5) is 0 Å². The second kappa shape index (κ2) is 5.66. The predicted molar refractivity (Wildman–Crippen MR) is 74.8 cm³/mol. The molecule has 1 fully saturated rings. The summed E-state index contributed by atoms with van der Waals surface area (Å²) in [5.41, 5.74) is 7.75. The smallest absolute Gasteiger partial charge is 0.182 e. The normalized spacial score (nSPS) is 18.6. The Labute approximate surface area is 110 Å². The van der Waals surface area contributed by atoms with Crippen LogP contribution in [0.5, 0.6) is 0 Å². The third-order valence-corrected chi connectivity index (χ3v) is 3.95. The molecule has 1 aliphatic rings. The van der Waals surface area contributed by atoms with Gasteiger partial charge in [0.25, 0.3) is 0 Å². The lowest BCUT2D eigenvalue weighted by Gasteiger charge is -2.31. The molecule has 0 aromatic heterocycles. The van der Waals surface area contributed by atoms with Gasteiger partial charge in [-0.1, -0.05) is 56.9 Å². The maximum atomic E-state index is 12.5. The van der Waals surface area contributed by atoms with Gasteiger partial charge in [-0.3, -0.25) is 4.79 Å². The summed E-state index contributed by atoms with van der Waals surface area (Å²) in [6, 6.07) is 8.00. The van der Waals surface area contributed by atoms with Crippen molar-refractivity contribution in [3.8, 4) is 0 Å². The number of ketones is 1. The summed E-state index contributed by atoms with van der Waals surface area (Å²) in [6.07, 6.45) is 7.25. The lowest BCUT2D eigenvalue weighted by atomic mass is 9.77. The van der Waals surface area contributed by atoms with Crippen LogP contribution in [0, 0.1) is 0 Å². The summed E-state index contributed by atoms with van der Waals surface area (Å²) in [4.78, 5) is 12.5. The van der Waals surface area contributed by atoms with Gasteiger partial charge in [-0.05, 0) is 24.8 Å². The first-order valence-electron chi connectivity index (χ1n) is 7.08. The number of nitrogens with two attached hydrogens (primary N) is 1. The highest BCUT2D eigenvalue weighted by atomic mass is 16.1. The topological polar surface area (TPSA) is 43.1 Å². The zero-order valence-electron chi connectivity index (χ0n) is 11.2. The highest BCUT2D eigenvalue weighted by Crippen LogP contribution is 2.29. The van der Waals surface area contributed by atoms with Crippen molar-refractivity contribution in [3.63, 3.8) is 0 Å². The molecule has 18 heavy (non-hydrogen) atoms. The van der Waals surface area contributed by atoms with Crippen LogP contribution in [-0.4, -0.2) is 11.3 Å². The molecule has 0 atom stereocenters. The first-order chi connectivity index (χ1) is 8.65. The number of hydrogen-bond acceptors (Lipinski definition) is 2. The van der Waals surface area contributed by atoms with Gasteiger partial charge in [-0.15, -0.1) is 0 Å². The Kier molecular flexibility index (Phi) is 4.18. The fourth-order valence-corrected chi connectivity index (χ4v) is 2.81. The van der Waals surface area contributed by atoms with Crippen LogP contribution in [0.2, 0.25) is 0 Å². The standard InChI is InChI=1S/C16H23NO/c1-2-6-13-7-9-14(10-8-13)15(18)16(17)11-4-3-5-12-16/h7-10H,2-6,11-12,17H2,1H3. The van der Waals surface area contributed by atoms with E-state index in [0.717, 1.165) is 44.1 Å². The molecular weight excluding hydrogens is 222 g/mol. The van der Waals surface area contributed by atoms with Gasteiger partial charge in [-0.25, -0.2) is 0 Å². The van der Waals surface area contributed by atoms with E-state index in [2.05, 4.69) is 19.1 Å². The monoisotopic (exact) mass is 245 g/mol. The van der Waals surface area contributed by atoms with E-state index in [-0.39, 0.29) is 5.78 Å². The van der Waals surface area contributed by atoms with Crippen molar-refractivity contribution in [2.45, 2.75) is 57.4 Å². The summed E-state index contributed by atoms with van der Waals surface area (Å²) in [6.45, 7) is 2.16. The minimum atomic E-state index is -0.607. The van der Waals surface area contributed by atoms with E-state index in [1.165, 1.54) is 12.0 Å². The SMILES string of the molecule is CCCc1ccc(C(=O)C2(N)CCCCC2)cc1. The second-order valence-electron chi connectivity index (χ2n) is 5.49. The Morgan fingerprint density at radius 3 is 2.33 bits per heavy atom. The molecule has 1 aromatic carbocycles. The molecule has 0 aliphatic heterocycles. The van der Waals surface area contributed by atoms with Crippen molar-refractivity contribution in [1.82, 2.24) is 0 Å². The molecule has 0 spiro atoms. The average Bonchev–Trinajstić information content (AvgIpc) is 2.40. The van der Waals surface area contributed by atoms with Gasteiger partial charge in [0.1, 0.15) is 0 Å². The Morgan fingerprint density at radius 1 is 1.17 bits per heavy atom. The summed E-state index contributed by atoms with van der Waals surface area (Å²) in [5, 5.41) is 0. The summed E-state index contributed by atoms with van der Waals surface area (Å²) >= 11 is 0. The van der Waals surface area contributed by atoms with E-state index >= 15 is 0 Å². The van der Waals surface area contributed by atoms with E-state index < -0.39 is 5.54 Å². The molecule has 2 N–H and O–H groups in total. The molecule has 1 aromatic rings. The third-order valence-electron chi connectivity index (χ3n) is 3.95. The second-order valence-corrected chi connectivity index (χ2v) is 5.49. The Hall–Kier alpha value is -1.15. The van der Waals surface area contributed by atoms with Crippen LogP contribution in [0.1, 0.15) is 61.4 Å². The molecule has 0 heterocycles. The molecule has 0 saturated heterocycles. The van der Waals surface area contributed by atoms with Crippen molar-refractivity contribution < 1.29 is 4.79 Å². The van der Waals surface area contributed by atoms with Gasteiger partial charge < -0.3 is 5.73 Å². The highest BCUT2D eigenvalue weighted by Gasteiger charge is 2.35. The number of benzene rings is 1. The first kappa shape index (κ1) is 13.3. The number of aryl methyl sites for hydroxylation is 1. The zero-order valence-corrected chi connectivity index (χ0v) is 11.2. The average molecular weight is 245 g/mol. The third kappa shape index (κ3) is 2.81. The van der Waals surface area contributed by atoms with Crippen molar-refractivity contribution in [1.29, 1.82) is 0 Å². The van der Waals surface area contributed by atoms with Gasteiger partial charge >= 0.3 is 0 Å². The molecule has 0 radical (unpaired) electrons. The zero-order chi connectivity index (χ0) is 13.0. The van der Waals surface area contributed by atoms with E-state index in [1.807, 2.05) is 12.1 Å². The number of carbonyl (C=O) groups excluding carboxylic acids is 1. The summed E-state index contributed by atoms with van der Waals surface area (Å²) < 4.78 is 0. The van der Waals surface area contributed by atoms with Crippen molar-refractivity contribution >= 4 is 5.78 Å². The van der Waals surface area contributed by atoms with Crippen LogP contribution < -0.4 is 5.73 Å². The first-order valence-corrected chi connectivity index (χ1v) is 7.08. The Bertz CT molecular complexity index is 402. The van der Waals surface area contributed by atoms with E-state index in [0.29, 0.717) is 0 Å². The maximum absolute atomic E-state index is 12.5. The van der Waals surface area contributed by atoms with Crippen molar-refractivity contribution in [2.75, 3.05) is 0 Å². The van der Waals surface area contributed by atoms with Crippen LogP contribution in [0.15, 0.2) is 24.3 Å². The van der Waals surface area contributed by atoms with Gasteiger partial charge in [-0.2, -0.15) is 0 Å². The number of rotatable bonds is 4. The molecule has 2 rings (SSSR count). The summed E-state index contributed by atoms with van der Waals surface area (Å²) in [5.74, 6) is 0.130. The van der Waals surface area contributed by atoms with Crippen molar-refractivity contribution in [3.05, 3.63) is 35.4 Å². The van der Waals surface area contributed by atoms with Gasteiger partial charge in [0.15, 0.2) is 5.78 Å². The van der Waals surface area contributed by atoms with Crippen LogP contribution in [0.3, 0.4) is 0 Å². The molecule has 2 nitrogen and oxygen atoms in total. The quantitative estimate of drug-likeness (QED) is 0.825. The maximum Gasteiger partial charge on any atom is 0.182 e. The van der Waals surface area contributed by atoms with E-state index in [9.17, 15) is 4.79 Å². The fourth-order valence-electron chi connectivity index (χ4n) is 2.81. The van der Waals surface area contributed by atoms with E-state index in [1.54, 1.807) is 0 Å². The molecular formula is C16H23NO. The van der Waals surface area contributed by atoms with Crippen molar-refractivity contribution in [2.24, 2.45) is 5.73 Å². The molecule has 2 heteroatoms. The lowest BCUT2D eigenvalue weighted by Crippen LogP contribution is -2.49. The predicted octanol–water partition coefficient (Wildman–Crippen LogP) is 3.48. The van der Waals surface area contributed by atoms with Crippen LogP contribution in [0.25, 0.3) is 0 Å². The van der Waals surface area contributed by atoms with Gasteiger partial charge in [0.2, 0.25) is 0 Å². The molecule has 1 aliphatic carbocycles. The Balaban J connectivity index is 2.12. The van der Waals surface area contributed by atoms with Gasteiger partial charge in [0.05, 0.1) is 5.54 Å².